The fraction of sp³-hybridized carbons (Fsp3) is 0.529. The number of nitriles is 1. The predicted molar refractivity (Wildman–Crippen MR) is 100 cm³/mol. The van der Waals surface area contributed by atoms with E-state index in [9.17, 15) is 10.1 Å². The topological polar surface area (TPSA) is 83.6 Å². The van der Waals surface area contributed by atoms with Gasteiger partial charge in [0.15, 0.2) is 5.16 Å². The zero-order valence-corrected chi connectivity index (χ0v) is 16.3. The molecule has 0 aliphatic heterocycles. The van der Waals surface area contributed by atoms with Gasteiger partial charge in [0.25, 0.3) is 0 Å². The second kappa shape index (κ2) is 7.58. The molecule has 2 heterocycles. The molecule has 132 valence electrons. The lowest BCUT2D eigenvalue weighted by Crippen LogP contribution is -2.14. The number of aryl methyl sites for hydroxylation is 1. The third-order valence-electron chi connectivity index (χ3n) is 4.43. The maximum Gasteiger partial charge on any atom is 0.235 e. The van der Waals surface area contributed by atoms with Gasteiger partial charge >= 0.3 is 0 Å². The molecule has 1 amide bonds. The lowest BCUT2D eigenvalue weighted by Gasteiger charge is -2.17. The average Bonchev–Trinajstić information content (AvgIpc) is 3.11. The number of thioether (sulfide) groups is 1. The number of nitrogens with one attached hydrogen (secondary N) is 1. The second-order valence-electron chi connectivity index (χ2n) is 6.28. The summed E-state index contributed by atoms with van der Waals surface area (Å²) < 4.78 is 1.98. The Hall–Kier alpha value is -1.85. The summed E-state index contributed by atoms with van der Waals surface area (Å²) in [5, 5.41) is 22.0. The SMILES string of the molecule is CCn1c(C)nnc1SCC(=O)Nc1sc2c(c1C#N)CCC(C)C2. The van der Waals surface area contributed by atoms with Crippen molar-refractivity contribution >= 4 is 34.0 Å². The summed E-state index contributed by atoms with van der Waals surface area (Å²) in [5.74, 6) is 1.62. The monoisotopic (exact) mass is 375 g/mol. The normalized spacial score (nSPS) is 16.3. The molecule has 1 atom stereocenters. The number of anilines is 1. The number of fused-ring (bicyclic) bond motifs is 1. The van der Waals surface area contributed by atoms with Gasteiger partial charge in [0, 0.05) is 11.4 Å². The minimum atomic E-state index is -0.114. The first-order valence-corrected chi connectivity index (χ1v) is 10.2. The van der Waals surface area contributed by atoms with Crippen molar-refractivity contribution < 1.29 is 4.79 Å². The van der Waals surface area contributed by atoms with Crippen molar-refractivity contribution in [1.29, 1.82) is 5.26 Å². The van der Waals surface area contributed by atoms with Crippen LogP contribution in [0.15, 0.2) is 5.16 Å². The number of carbonyl (C=O) groups excluding carboxylic acids is 1. The molecule has 0 radical (unpaired) electrons. The van der Waals surface area contributed by atoms with Crippen LogP contribution in [0.2, 0.25) is 0 Å². The number of nitrogens with zero attached hydrogens (tertiary/aromatic N) is 4. The Kier molecular flexibility index (Phi) is 5.45. The van der Waals surface area contributed by atoms with Crippen LogP contribution in [-0.2, 0) is 24.2 Å². The van der Waals surface area contributed by atoms with Crippen LogP contribution >= 0.6 is 23.1 Å². The van der Waals surface area contributed by atoms with E-state index in [1.807, 2.05) is 18.4 Å². The van der Waals surface area contributed by atoms with Crippen LogP contribution in [0.4, 0.5) is 5.00 Å². The average molecular weight is 376 g/mol. The van der Waals surface area contributed by atoms with Gasteiger partial charge in [-0.25, -0.2) is 0 Å². The highest BCUT2D eigenvalue weighted by molar-refractivity contribution is 7.99. The lowest BCUT2D eigenvalue weighted by molar-refractivity contribution is -0.113. The molecule has 6 nitrogen and oxygen atoms in total. The van der Waals surface area contributed by atoms with Gasteiger partial charge in [-0.2, -0.15) is 5.26 Å². The third kappa shape index (κ3) is 3.72. The molecular formula is C17H21N5OS2. The van der Waals surface area contributed by atoms with Gasteiger partial charge in [0.05, 0.1) is 11.3 Å². The number of rotatable bonds is 5. The molecule has 0 saturated carbocycles. The first-order valence-electron chi connectivity index (χ1n) is 8.40. The molecule has 0 bridgehead atoms. The van der Waals surface area contributed by atoms with Crippen LogP contribution in [-0.4, -0.2) is 26.4 Å². The Balaban J connectivity index is 1.68. The van der Waals surface area contributed by atoms with E-state index in [-0.39, 0.29) is 11.7 Å². The van der Waals surface area contributed by atoms with Crippen LogP contribution in [0.25, 0.3) is 0 Å². The van der Waals surface area contributed by atoms with Crippen LogP contribution < -0.4 is 5.32 Å². The van der Waals surface area contributed by atoms with Gasteiger partial charge in [-0.1, -0.05) is 18.7 Å². The van der Waals surface area contributed by atoms with Gasteiger partial charge in [-0.15, -0.1) is 21.5 Å². The maximum atomic E-state index is 12.3. The molecular weight excluding hydrogens is 354 g/mol. The highest BCUT2D eigenvalue weighted by Gasteiger charge is 2.24. The first kappa shape index (κ1) is 18.0. The summed E-state index contributed by atoms with van der Waals surface area (Å²) in [7, 11) is 0. The van der Waals surface area contributed by atoms with E-state index in [2.05, 4.69) is 28.5 Å². The van der Waals surface area contributed by atoms with E-state index < -0.39 is 0 Å². The number of hydrogen-bond acceptors (Lipinski definition) is 6. The Morgan fingerprint density at radius 1 is 1.52 bits per heavy atom. The van der Waals surface area contributed by atoms with Crippen molar-refractivity contribution in [1.82, 2.24) is 14.8 Å². The van der Waals surface area contributed by atoms with Crippen molar-refractivity contribution in [2.24, 2.45) is 5.92 Å². The van der Waals surface area contributed by atoms with Crippen molar-refractivity contribution in [2.75, 3.05) is 11.1 Å². The van der Waals surface area contributed by atoms with Gasteiger partial charge in [-0.3, -0.25) is 4.79 Å². The largest absolute Gasteiger partial charge is 0.316 e. The number of thiophene rings is 1. The molecule has 0 saturated heterocycles. The van der Waals surface area contributed by atoms with E-state index in [0.717, 1.165) is 42.4 Å². The minimum absolute atomic E-state index is 0.114. The van der Waals surface area contributed by atoms with Crippen LogP contribution in [0.3, 0.4) is 0 Å². The molecule has 1 aliphatic carbocycles. The highest BCUT2D eigenvalue weighted by atomic mass is 32.2. The van der Waals surface area contributed by atoms with E-state index in [1.54, 1.807) is 11.3 Å². The summed E-state index contributed by atoms with van der Waals surface area (Å²) in [5.41, 5.74) is 1.78. The lowest BCUT2D eigenvalue weighted by atomic mass is 9.89. The van der Waals surface area contributed by atoms with Crippen LogP contribution in [0, 0.1) is 24.2 Å². The maximum absolute atomic E-state index is 12.3. The second-order valence-corrected chi connectivity index (χ2v) is 8.33. The number of aromatic nitrogens is 3. The molecule has 2 aromatic rings. The summed E-state index contributed by atoms with van der Waals surface area (Å²) in [4.78, 5) is 13.6. The standard InChI is InChI=1S/C17H21N5OS2/c1-4-22-11(3)20-21-17(22)24-9-15(23)19-16-13(8-18)12-6-5-10(2)7-14(12)25-16/h10H,4-7,9H2,1-3H3,(H,19,23). The quantitative estimate of drug-likeness (QED) is 0.810. The predicted octanol–water partition coefficient (Wildman–Crippen LogP) is 3.40. The van der Waals surface area contributed by atoms with Gasteiger partial charge in [-0.05, 0) is 44.6 Å². The molecule has 25 heavy (non-hydrogen) atoms. The fourth-order valence-corrected chi connectivity index (χ4v) is 5.31. The zero-order chi connectivity index (χ0) is 18.0. The summed E-state index contributed by atoms with van der Waals surface area (Å²) in [6.07, 6.45) is 3.03. The Labute approximate surface area is 155 Å². The van der Waals surface area contributed by atoms with Gasteiger partial charge < -0.3 is 9.88 Å². The first-order chi connectivity index (χ1) is 12.0. The molecule has 1 aliphatic rings. The van der Waals surface area contributed by atoms with E-state index in [0.29, 0.717) is 16.5 Å². The Morgan fingerprint density at radius 2 is 2.32 bits per heavy atom. The smallest absolute Gasteiger partial charge is 0.235 e. The number of carbonyl (C=O) groups is 1. The molecule has 1 unspecified atom stereocenters. The van der Waals surface area contributed by atoms with Crippen molar-refractivity contribution in [3.8, 4) is 6.07 Å². The Bertz CT molecular complexity index is 833. The molecule has 0 fully saturated rings. The minimum Gasteiger partial charge on any atom is -0.316 e. The zero-order valence-electron chi connectivity index (χ0n) is 14.6. The summed E-state index contributed by atoms with van der Waals surface area (Å²) in [6.45, 7) is 6.93. The number of amides is 1. The van der Waals surface area contributed by atoms with Crippen LogP contribution in [0.1, 0.15) is 42.1 Å². The summed E-state index contributed by atoms with van der Waals surface area (Å²) >= 11 is 2.92. The van der Waals surface area contributed by atoms with E-state index >= 15 is 0 Å². The van der Waals surface area contributed by atoms with E-state index in [4.69, 9.17) is 0 Å². The molecule has 8 heteroatoms. The van der Waals surface area contributed by atoms with Crippen molar-refractivity contribution in [3.05, 3.63) is 21.8 Å². The van der Waals surface area contributed by atoms with Crippen molar-refractivity contribution in [2.45, 2.75) is 51.7 Å². The van der Waals surface area contributed by atoms with Gasteiger partial charge in [0.1, 0.15) is 16.9 Å². The van der Waals surface area contributed by atoms with Crippen molar-refractivity contribution in [3.63, 3.8) is 0 Å². The Morgan fingerprint density at radius 3 is 3.04 bits per heavy atom. The van der Waals surface area contributed by atoms with E-state index in [1.165, 1.54) is 16.6 Å². The molecule has 1 N–H and O–H groups in total. The molecule has 0 spiro atoms. The highest BCUT2D eigenvalue weighted by Crippen LogP contribution is 2.39. The number of hydrogen-bond donors (Lipinski definition) is 1. The van der Waals surface area contributed by atoms with Gasteiger partial charge in [0.2, 0.25) is 5.91 Å². The summed E-state index contributed by atoms with van der Waals surface area (Å²) in [6, 6.07) is 2.28. The molecule has 0 aromatic carbocycles. The fourth-order valence-electron chi connectivity index (χ4n) is 3.08. The molecule has 3 rings (SSSR count). The molecule has 2 aromatic heterocycles. The van der Waals surface area contributed by atoms with Crippen LogP contribution in [0.5, 0.6) is 0 Å². The third-order valence-corrected chi connectivity index (χ3v) is 6.56.